The number of hydrogen-bond acceptors (Lipinski definition) is 4. The van der Waals surface area contributed by atoms with Crippen molar-refractivity contribution in [3.05, 3.63) is 29.8 Å². The Hall–Kier alpha value is -1.44. The van der Waals surface area contributed by atoms with Gasteiger partial charge in [0.25, 0.3) is 5.91 Å². The predicted octanol–water partition coefficient (Wildman–Crippen LogP) is 2.28. The van der Waals surface area contributed by atoms with Crippen LogP contribution in [0.5, 0.6) is 0 Å². The number of rotatable bonds is 5. The van der Waals surface area contributed by atoms with E-state index in [-0.39, 0.29) is 10.8 Å². The molecule has 0 aliphatic carbocycles. The van der Waals surface area contributed by atoms with Gasteiger partial charge in [-0.3, -0.25) is 9.69 Å². The van der Waals surface area contributed by atoms with Crippen LogP contribution in [-0.4, -0.2) is 74.2 Å². The summed E-state index contributed by atoms with van der Waals surface area (Å²) in [6.07, 6.45) is 2.92. The van der Waals surface area contributed by atoms with Gasteiger partial charge in [0, 0.05) is 51.4 Å². The summed E-state index contributed by atoms with van der Waals surface area (Å²) in [4.78, 5) is 17.3. The standard InChI is InChI=1S/C20H31N3O3S/c1-17(2)16-21-12-14-22(15-13-21)20(24)18-6-8-19(9-7-18)27(25,26)23-10-4-3-5-11-23/h6-9,17H,3-5,10-16H2,1-2H3. The van der Waals surface area contributed by atoms with E-state index in [1.54, 1.807) is 28.6 Å². The van der Waals surface area contributed by atoms with Crippen molar-refractivity contribution in [1.29, 1.82) is 0 Å². The largest absolute Gasteiger partial charge is 0.336 e. The lowest BCUT2D eigenvalue weighted by molar-refractivity contribution is 0.0623. The van der Waals surface area contributed by atoms with E-state index in [9.17, 15) is 13.2 Å². The summed E-state index contributed by atoms with van der Waals surface area (Å²) < 4.78 is 27.0. The molecule has 1 aromatic rings. The maximum atomic E-state index is 12.7. The van der Waals surface area contributed by atoms with Crippen LogP contribution in [0.1, 0.15) is 43.5 Å². The van der Waals surface area contributed by atoms with Crippen molar-refractivity contribution in [1.82, 2.24) is 14.1 Å². The van der Waals surface area contributed by atoms with Crippen LogP contribution in [0.25, 0.3) is 0 Å². The second-order valence-electron chi connectivity index (χ2n) is 7.98. The molecule has 0 bridgehead atoms. The lowest BCUT2D eigenvalue weighted by atomic mass is 10.1. The molecule has 3 rings (SSSR count). The Labute approximate surface area is 163 Å². The molecule has 6 nitrogen and oxygen atoms in total. The summed E-state index contributed by atoms with van der Waals surface area (Å²) in [5.41, 5.74) is 0.560. The highest BCUT2D eigenvalue weighted by Gasteiger charge is 2.27. The minimum atomic E-state index is -3.45. The summed E-state index contributed by atoms with van der Waals surface area (Å²) in [6.45, 7) is 9.88. The molecule has 0 aromatic heterocycles. The first-order chi connectivity index (χ1) is 12.9. The van der Waals surface area contributed by atoms with Gasteiger partial charge in [-0.15, -0.1) is 0 Å². The molecule has 1 aromatic carbocycles. The van der Waals surface area contributed by atoms with E-state index in [2.05, 4.69) is 18.7 Å². The second kappa shape index (κ2) is 8.71. The summed E-state index contributed by atoms with van der Waals surface area (Å²) in [5, 5.41) is 0. The minimum absolute atomic E-state index is 0.0129. The van der Waals surface area contributed by atoms with Crippen LogP contribution in [0.3, 0.4) is 0 Å². The highest BCUT2D eigenvalue weighted by molar-refractivity contribution is 7.89. The van der Waals surface area contributed by atoms with Gasteiger partial charge in [0.2, 0.25) is 10.0 Å². The lowest BCUT2D eigenvalue weighted by Gasteiger charge is -2.35. The third-order valence-corrected chi connectivity index (χ3v) is 7.25. The van der Waals surface area contributed by atoms with Gasteiger partial charge in [-0.1, -0.05) is 20.3 Å². The smallest absolute Gasteiger partial charge is 0.253 e. The van der Waals surface area contributed by atoms with E-state index in [1.165, 1.54) is 0 Å². The molecule has 0 N–H and O–H groups in total. The zero-order chi connectivity index (χ0) is 19.4. The Morgan fingerprint density at radius 3 is 2.07 bits per heavy atom. The molecule has 0 unspecified atom stereocenters. The molecule has 27 heavy (non-hydrogen) atoms. The summed E-state index contributed by atoms with van der Waals surface area (Å²) in [5.74, 6) is 0.614. The van der Waals surface area contributed by atoms with E-state index in [0.717, 1.165) is 52.0 Å². The molecular weight excluding hydrogens is 362 g/mol. The van der Waals surface area contributed by atoms with Crippen molar-refractivity contribution >= 4 is 15.9 Å². The maximum Gasteiger partial charge on any atom is 0.253 e. The van der Waals surface area contributed by atoms with Crippen molar-refractivity contribution in [2.75, 3.05) is 45.8 Å². The van der Waals surface area contributed by atoms with Crippen molar-refractivity contribution in [2.24, 2.45) is 5.92 Å². The molecule has 7 heteroatoms. The third kappa shape index (κ3) is 4.89. The predicted molar refractivity (Wildman–Crippen MR) is 106 cm³/mol. The first-order valence-corrected chi connectivity index (χ1v) is 11.4. The Balaban J connectivity index is 1.62. The SMILES string of the molecule is CC(C)CN1CCN(C(=O)c2ccc(S(=O)(=O)N3CCCCC3)cc2)CC1. The lowest BCUT2D eigenvalue weighted by Crippen LogP contribution is -2.49. The van der Waals surface area contributed by atoms with Crippen molar-refractivity contribution in [2.45, 2.75) is 38.0 Å². The number of amides is 1. The Morgan fingerprint density at radius 2 is 1.52 bits per heavy atom. The van der Waals surface area contributed by atoms with Gasteiger partial charge in [-0.2, -0.15) is 4.31 Å². The summed E-state index contributed by atoms with van der Waals surface area (Å²) >= 11 is 0. The first kappa shape index (κ1) is 20.3. The van der Waals surface area contributed by atoms with Gasteiger partial charge in [0.05, 0.1) is 4.90 Å². The fourth-order valence-electron chi connectivity index (χ4n) is 3.86. The molecule has 150 valence electrons. The van der Waals surface area contributed by atoms with E-state index >= 15 is 0 Å². The molecular formula is C20H31N3O3S. The molecule has 0 atom stereocenters. The summed E-state index contributed by atoms with van der Waals surface area (Å²) in [6, 6.07) is 6.46. The first-order valence-electron chi connectivity index (χ1n) is 10.00. The van der Waals surface area contributed by atoms with E-state index in [1.807, 2.05) is 4.90 Å². The highest BCUT2D eigenvalue weighted by Crippen LogP contribution is 2.21. The average Bonchev–Trinajstić information content (AvgIpc) is 2.68. The molecule has 2 saturated heterocycles. The van der Waals surface area contributed by atoms with Gasteiger partial charge >= 0.3 is 0 Å². The zero-order valence-corrected chi connectivity index (χ0v) is 17.2. The third-order valence-electron chi connectivity index (χ3n) is 5.34. The van der Waals surface area contributed by atoms with Gasteiger partial charge in [0.1, 0.15) is 0 Å². The number of carbonyl (C=O) groups excluding carboxylic acids is 1. The Kier molecular flexibility index (Phi) is 6.55. The van der Waals surface area contributed by atoms with Crippen LogP contribution in [0, 0.1) is 5.92 Å². The second-order valence-corrected chi connectivity index (χ2v) is 9.91. The fourth-order valence-corrected chi connectivity index (χ4v) is 5.37. The fraction of sp³-hybridized carbons (Fsp3) is 0.650. The molecule has 0 saturated carbocycles. The number of piperidine rings is 1. The average molecular weight is 394 g/mol. The van der Waals surface area contributed by atoms with Gasteiger partial charge < -0.3 is 4.90 Å². The zero-order valence-electron chi connectivity index (χ0n) is 16.4. The molecule has 0 radical (unpaired) electrons. The number of carbonyl (C=O) groups is 1. The maximum absolute atomic E-state index is 12.7. The Bertz CT molecular complexity index is 732. The number of sulfonamides is 1. The molecule has 2 aliphatic rings. The topological polar surface area (TPSA) is 60.9 Å². The van der Waals surface area contributed by atoms with Crippen LogP contribution in [0.4, 0.5) is 0 Å². The van der Waals surface area contributed by atoms with Crippen LogP contribution >= 0.6 is 0 Å². The van der Waals surface area contributed by atoms with E-state index in [0.29, 0.717) is 24.6 Å². The van der Waals surface area contributed by atoms with Crippen molar-refractivity contribution in [3.8, 4) is 0 Å². The van der Waals surface area contributed by atoms with Crippen LogP contribution < -0.4 is 0 Å². The number of benzene rings is 1. The quantitative estimate of drug-likeness (QED) is 0.770. The minimum Gasteiger partial charge on any atom is -0.336 e. The molecule has 2 fully saturated rings. The van der Waals surface area contributed by atoms with Gasteiger partial charge in [-0.05, 0) is 43.0 Å². The van der Waals surface area contributed by atoms with Crippen molar-refractivity contribution in [3.63, 3.8) is 0 Å². The van der Waals surface area contributed by atoms with Crippen LogP contribution in [-0.2, 0) is 10.0 Å². The van der Waals surface area contributed by atoms with Gasteiger partial charge in [0.15, 0.2) is 0 Å². The number of piperazine rings is 1. The van der Waals surface area contributed by atoms with E-state index in [4.69, 9.17) is 0 Å². The summed E-state index contributed by atoms with van der Waals surface area (Å²) in [7, 11) is -3.45. The molecule has 2 heterocycles. The Morgan fingerprint density at radius 1 is 0.926 bits per heavy atom. The van der Waals surface area contributed by atoms with Crippen LogP contribution in [0.15, 0.2) is 29.2 Å². The molecule has 0 spiro atoms. The van der Waals surface area contributed by atoms with Gasteiger partial charge in [-0.25, -0.2) is 8.42 Å². The molecule has 2 aliphatic heterocycles. The molecule has 1 amide bonds. The van der Waals surface area contributed by atoms with Crippen molar-refractivity contribution < 1.29 is 13.2 Å². The normalized spacial score (nSPS) is 20.2. The van der Waals surface area contributed by atoms with E-state index < -0.39 is 10.0 Å². The monoisotopic (exact) mass is 393 g/mol. The number of nitrogens with zero attached hydrogens (tertiary/aromatic N) is 3. The highest BCUT2D eigenvalue weighted by atomic mass is 32.2. The van der Waals surface area contributed by atoms with Crippen LogP contribution in [0.2, 0.25) is 0 Å². The number of hydrogen-bond donors (Lipinski definition) is 0.